The van der Waals surface area contributed by atoms with Crippen LogP contribution in [0.15, 0.2) is 18.2 Å². The van der Waals surface area contributed by atoms with E-state index < -0.39 is 0 Å². The number of nitrogens with one attached hydrogen (secondary N) is 1. The summed E-state index contributed by atoms with van der Waals surface area (Å²) < 4.78 is 5.39. The standard InChI is InChI=1S/C16H19NO3/c18-15-5-1-3-11-9-12(6-7-14(11)17-15)16(19)13-4-2-8-20-10-13/h6-7,9,13H,1-5,8,10H2,(H,17,18). The summed E-state index contributed by atoms with van der Waals surface area (Å²) in [7, 11) is 0. The highest BCUT2D eigenvalue weighted by atomic mass is 16.5. The van der Waals surface area contributed by atoms with Gasteiger partial charge in [0.2, 0.25) is 5.91 Å². The second kappa shape index (κ2) is 5.75. The largest absolute Gasteiger partial charge is 0.381 e. The lowest BCUT2D eigenvalue weighted by Crippen LogP contribution is -2.25. The summed E-state index contributed by atoms with van der Waals surface area (Å²) >= 11 is 0. The van der Waals surface area contributed by atoms with E-state index in [-0.39, 0.29) is 17.6 Å². The number of benzene rings is 1. The van der Waals surface area contributed by atoms with Crippen molar-refractivity contribution >= 4 is 17.4 Å². The third-order valence-electron chi connectivity index (χ3n) is 4.04. The number of rotatable bonds is 2. The molecule has 4 heteroatoms. The Hall–Kier alpha value is -1.68. The zero-order chi connectivity index (χ0) is 13.9. The monoisotopic (exact) mass is 273 g/mol. The topological polar surface area (TPSA) is 55.4 Å². The van der Waals surface area contributed by atoms with Crippen LogP contribution in [0.4, 0.5) is 5.69 Å². The molecule has 0 aliphatic carbocycles. The van der Waals surface area contributed by atoms with E-state index in [9.17, 15) is 9.59 Å². The average molecular weight is 273 g/mol. The maximum atomic E-state index is 12.5. The zero-order valence-corrected chi connectivity index (χ0v) is 11.5. The Morgan fingerprint density at radius 1 is 1.25 bits per heavy atom. The number of fused-ring (bicyclic) bond motifs is 1. The number of Topliss-reactive ketones (excluding diaryl/α,β-unsaturated/α-hetero) is 1. The van der Waals surface area contributed by atoms with Crippen molar-refractivity contribution in [2.45, 2.75) is 32.1 Å². The molecular formula is C16H19NO3. The number of anilines is 1. The molecule has 1 N–H and O–H groups in total. The molecule has 106 valence electrons. The van der Waals surface area contributed by atoms with Crippen LogP contribution in [-0.2, 0) is 16.0 Å². The highest BCUT2D eigenvalue weighted by Crippen LogP contribution is 2.26. The van der Waals surface area contributed by atoms with Gasteiger partial charge in [-0.05, 0) is 49.4 Å². The van der Waals surface area contributed by atoms with Gasteiger partial charge in [0.1, 0.15) is 0 Å². The Balaban J connectivity index is 1.82. The van der Waals surface area contributed by atoms with E-state index in [1.165, 1.54) is 0 Å². The molecule has 1 amide bonds. The summed E-state index contributed by atoms with van der Waals surface area (Å²) in [5.41, 5.74) is 2.66. The van der Waals surface area contributed by atoms with E-state index in [1.807, 2.05) is 18.2 Å². The van der Waals surface area contributed by atoms with Gasteiger partial charge >= 0.3 is 0 Å². The predicted molar refractivity (Wildman–Crippen MR) is 75.9 cm³/mol. The van der Waals surface area contributed by atoms with Gasteiger partial charge in [0.15, 0.2) is 5.78 Å². The molecule has 0 bridgehead atoms. The number of carbonyl (C=O) groups is 2. The second-order valence-electron chi connectivity index (χ2n) is 5.55. The number of hydrogen-bond acceptors (Lipinski definition) is 3. The highest BCUT2D eigenvalue weighted by Gasteiger charge is 2.24. The summed E-state index contributed by atoms with van der Waals surface area (Å²) in [5, 5.41) is 2.89. The minimum Gasteiger partial charge on any atom is -0.381 e. The minimum absolute atomic E-state index is 0.0119. The summed E-state index contributed by atoms with van der Waals surface area (Å²) in [4.78, 5) is 24.0. The van der Waals surface area contributed by atoms with Crippen LogP contribution < -0.4 is 5.32 Å². The molecule has 0 aromatic heterocycles. The fraction of sp³-hybridized carbons (Fsp3) is 0.500. The number of hydrogen-bond donors (Lipinski definition) is 1. The Morgan fingerprint density at radius 3 is 2.95 bits per heavy atom. The van der Waals surface area contributed by atoms with Crippen LogP contribution in [0, 0.1) is 5.92 Å². The normalized spacial score (nSPS) is 22.6. The summed E-state index contributed by atoms with van der Waals surface area (Å²) in [6.07, 6.45) is 4.10. The molecule has 1 aromatic rings. The summed E-state index contributed by atoms with van der Waals surface area (Å²) in [6, 6.07) is 5.62. The van der Waals surface area contributed by atoms with Gasteiger partial charge in [-0.3, -0.25) is 9.59 Å². The quantitative estimate of drug-likeness (QED) is 0.843. The van der Waals surface area contributed by atoms with Crippen LogP contribution in [0.3, 0.4) is 0 Å². The van der Waals surface area contributed by atoms with E-state index in [0.29, 0.717) is 13.0 Å². The van der Waals surface area contributed by atoms with Gasteiger partial charge < -0.3 is 10.1 Å². The van der Waals surface area contributed by atoms with E-state index in [2.05, 4.69) is 5.32 Å². The molecule has 1 aromatic carbocycles. The first-order chi connectivity index (χ1) is 9.74. The van der Waals surface area contributed by atoms with Gasteiger partial charge in [-0.15, -0.1) is 0 Å². The van der Waals surface area contributed by atoms with Crippen LogP contribution in [0.2, 0.25) is 0 Å². The maximum absolute atomic E-state index is 12.5. The Kier molecular flexibility index (Phi) is 3.83. The number of ketones is 1. The zero-order valence-electron chi connectivity index (χ0n) is 11.5. The average Bonchev–Trinajstić information content (AvgIpc) is 2.67. The third-order valence-corrected chi connectivity index (χ3v) is 4.04. The molecule has 1 unspecified atom stereocenters. The van der Waals surface area contributed by atoms with Gasteiger partial charge in [-0.1, -0.05) is 0 Å². The fourth-order valence-electron chi connectivity index (χ4n) is 2.91. The van der Waals surface area contributed by atoms with Crippen molar-refractivity contribution in [1.29, 1.82) is 0 Å². The van der Waals surface area contributed by atoms with Crippen LogP contribution in [0.5, 0.6) is 0 Å². The molecule has 1 atom stereocenters. The van der Waals surface area contributed by atoms with Crippen molar-refractivity contribution in [2.75, 3.05) is 18.5 Å². The van der Waals surface area contributed by atoms with Crippen LogP contribution in [-0.4, -0.2) is 24.9 Å². The molecule has 1 fully saturated rings. The number of ether oxygens (including phenoxy) is 1. The number of aryl methyl sites for hydroxylation is 1. The molecule has 0 saturated carbocycles. The van der Waals surface area contributed by atoms with Crippen molar-refractivity contribution in [2.24, 2.45) is 5.92 Å². The van der Waals surface area contributed by atoms with E-state index >= 15 is 0 Å². The van der Waals surface area contributed by atoms with Gasteiger partial charge in [0, 0.05) is 30.2 Å². The third kappa shape index (κ3) is 2.75. The first kappa shape index (κ1) is 13.3. The molecule has 3 rings (SSSR count). The molecule has 2 heterocycles. The Bertz CT molecular complexity index is 533. The lowest BCUT2D eigenvalue weighted by molar-refractivity contribution is -0.116. The van der Waals surface area contributed by atoms with E-state index in [0.717, 1.165) is 49.1 Å². The minimum atomic E-state index is -0.0119. The Labute approximate surface area is 118 Å². The number of carbonyl (C=O) groups excluding carboxylic acids is 2. The first-order valence-electron chi connectivity index (χ1n) is 7.29. The van der Waals surface area contributed by atoms with E-state index in [4.69, 9.17) is 4.74 Å². The fourth-order valence-corrected chi connectivity index (χ4v) is 2.91. The highest BCUT2D eigenvalue weighted by molar-refractivity contribution is 5.99. The van der Waals surface area contributed by atoms with Crippen molar-refractivity contribution in [1.82, 2.24) is 0 Å². The molecule has 20 heavy (non-hydrogen) atoms. The van der Waals surface area contributed by atoms with Crippen molar-refractivity contribution < 1.29 is 14.3 Å². The number of amides is 1. The predicted octanol–water partition coefficient (Wildman–Crippen LogP) is 2.57. The first-order valence-corrected chi connectivity index (χ1v) is 7.29. The molecule has 0 radical (unpaired) electrons. The molecule has 2 aliphatic heterocycles. The van der Waals surface area contributed by atoms with E-state index in [1.54, 1.807) is 0 Å². The molecule has 4 nitrogen and oxygen atoms in total. The van der Waals surface area contributed by atoms with Gasteiger partial charge in [-0.25, -0.2) is 0 Å². The molecule has 1 saturated heterocycles. The second-order valence-corrected chi connectivity index (χ2v) is 5.55. The smallest absolute Gasteiger partial charge is 0.224 e. The molecule has 2 aliphatic rings. The van der Waals surface area contributed by atoms with Crippen molar-refractivity contribution in [3.8, 4) is 0 Å². The SMILES string of the molecule is O=C1CCCc2cc(C(=O)C3CCCOC3)ccc2N1. The van der Waals surface area contributed by atoms with Crippen molar-refractivity contribution in [3.63, 3.8) is 0 Å². The maximum Gasteiger partial charge on any atom is 0.224 e. The van der Waals surface area contributed by atoms with Gasteiger partial charge in [0.25, 0.3) is 0 Å². The Morgan fingerprint density at radius 2 is 2.15 bits per heavy atom. The van der Waals surface area contributed by atoms with Gasteiger partial charge in [-0.2, -0.15) is 0 Å². The van der Waals surface area contributed by atoms with Crippen LogP contribution in [0.25, 0.3) is 0 Å². The molecular weight excluding hydrogens is 254 g/mol. The lowest BCUT2D eigenvalue weighted by Gasteiger charge is -2.21. The molecule has 0 spiro atoms. The summed E-state index contributed by atoms with van der Waals surface area (Å²) in [5.74, 6) is 0.216. The van der Waals surface area contributed by atoms with Gasteiger partial charge in [0.05, 0.1) is 6.61 Å². The van der Waals surface area contributed by atoms with Crippen LogP contribution in [0.1, 0.15) is 41.6 Å². The summed E-state index contributed by atoms with van der Waals surface area (Å²) in [6.45, 7) is 1.30. The lowest BCUT2D eigenvalue weighted by atomic mass is 9.91. The van der Waals surface area contributed by atoms with Crippen LogP contribution >= 0.6 is 0 Å². The van der Waals surface area contributed by atoms with Crippen molar-refractivity contribution in [3.05, 3.63) is 29.3 Å².